The first-order valence-corrected chi connectivity index (χ1v) is 8.64. The predicted octanol–water partition coefficient (Wildman–Crippen LogP) is 3.88. The fourth-order valence-corrected chi connectivity index (χ4v) is 3.82. The van der Waals surface area contributed by atoms with Crippen LogP contribution in [0.3, 0.4) is 0 Å². The smallest absolute Gasteiger partial charge is 0.252 e. The molecule has 3 rings (SSSR count). The van der Waals surface area contributed by atoms with Crippen LogP contribution in [0.4, 0.5) is 0 Å². The van der Waals surface area contributed by atoms with Crippen molar-refractivity contribution >= 4 is 39.1 Å². The molecule has 4 nitrogen and oxygen atoms in total. The molecule has 0 fully saturated rings. The standard InChI is InChI=1S/C18H17ClN2O2S/c1-11-14(19)8-9-15-17(11)21(2)18(24-15)20-16(22)10-12-4-6-13(23-3)7-5-12/h4-9H,10H2,1-3H3. The van der Waals surface area contributed by atoms with E-state index in [1.54, 1.807) is 7.11 Å². The van der Waals surface area contributed by atoms with Crippen molar-refractivity contribution in [2.45, 2.75) is 13.3 Å². The van der Waals surface area contributed by atoms with Crippen LogP contribution in [0, 0.1) is 6.92 Å². The van der Waals surface area contributed by atoms with Gasteiger partial charge < -0.3 is 9.30 Å². The molecule has 0 N–H and O–H groups in total. The Morgan fingerprint density at radius 2 is 1.96 bits per heavy atom. The summed E-state index contributed by atoms with van der Waals surface area (Å²) in [5.41, 5.74) is 2.92. The normalized spacial score (nSPS) is 11.9. The molecule has 1 amide bonds. The number of amides is 1. The number of aromatic nitrogens is 1. The first kappa shape index (κ1) is 16.7. The molecule has 0 saturated carbocycles. The maximum atomic E-state index is 12.3. The summed E-state index contributed by atoms with van der Waals surface area (Å²) in [6.07, 6.45) is 0.262. The number of carbonyl (C=O) groups is 1. The number of halogens is 1. The lowest BCUT2D eigenvalue weighted by Gasteiger charge is -2.02. The van der Waals surface area contributed by atoms with Crippen molar-refractivity contribution in [1.82, 2.24) is 4.57 Å². The highest BCUT2D eigenvalue weighted by Gasteiger charge is 2.10. The number of nitrogens with zero attached hydrogens (tertiary/aromatic N) is 2. The highest BCUT2D eigenvalue weighted by molar-refractivity contribution is 7.16. The van der Waals surface area contributed by atoms with Crippen LogP contribution in [0.5, 0.6) is 5.75 Å². The number of aryl methyl sites for hydroxylation is 2. The van der Waals surface area contributed by atoms with Crippen molar-refractivity contribution in [3.8, 4) is 5.75 Å². The van der Waals surface area contributed by atoms with E-state index in [0.717, 1.165) is 27.1 Å². The van der Waals surface area contributed by atoms with E-state index in [0.29, 0.717) is 9.82 Å². The molecule has 0 aliphatic heterocycles. The minimum absolute atomic E-state index is 0.175. The van der Waals surface area contributed by atoms with Crippen molar-refractivity contribution in [3.05, 3.63) is 57.3 Å². The summed E-state index contributed by atoms with van der Waals surface area (Å²) in [6.45, 7) is 1.97. The topological polar surface area (TPSA) is 43.6 Å². The molecule has 124 valence electrons. The number of ether oxygens (including phenoxy) is 1. The van der Waals surface area contributed by atoms with Crippen LogP contribution in [0.15, 0.2) is 41.4 Å². The Kier molecular flexibility index (Phi) is 4.73. The molecular weight excluding hydrogens is 344 g/mol. The molecule has 0 atom stereocenters. The Balaban J connectivity index is 1.92. The van der Waals surface area contributed by atoms with Gasteiger partial charge in [-0.3, -0.25) is 4.79 Å². The lowest BCUT2D eigenvalue weighted by Crippen LogP contribution is -2.14. The Morgan fingerprint density at radius 1 is 1.25 bits per heavy atom. The number of thiazole rings is 1. The fourth-order valence-electron chi connectivity index (χ4n) is 2.57. The summed E-state index contributed by atoms with van der Waals surface area (Å²) in [6, 6.07) is 11.3. The summed E-state index contributed by atoms with van der Waals surface area (Å²) in [5, 5.41) is 0.715. The molecule has 0 bridgehead atoms. The Bertz CT molecular complexity index is 971. The zero-order chi connectivity index (χ0) is 17.3. The molecule has 0 aliphatic rings. The molecule has 0 unspecified atom stereocenters. The van der Waals surface area contributed by atoms with Gasteiger partial charge in [-0.25, -0.2) is 0 Å². The van der Waals surface area contributed by atoms with Crippen LogP contribution in [0.25, 0.3) is 10.2 Å². The second-order valence-electron chi connectivity index (χ2n) is 5.49. The van der Waals surface area contributed by atoms with E-state index in [9.17, 15) is 4.79 Å². The van der Waals surface area contributed by atoms with Crippen molar-refractivity contribution in [1.29, 1.82) is 0 Å². The lowest BCUT2D eigenvalue weighted by molar-refractivity contribution is -0.117. The molecule has 1 aromatic heterocycles. The van der Waals surface area contributed by atoms with Gasteiger partial charge in [-0.05, 0) is 42.3 Å². The molecule has 0 spiro atoms. The zero-order valence-electron chi connectivity index (χ0n) is 13.7. The van der Waals surface area contributed by atoms with Gasteiger partial charge in [-0.2, -0.15) is 4.99 Å². The van der Waals surface area contributed by atoms with Gasteiger partial charge in [0.15, 0.2) is 4.80 Å². The predicted molar refractivity (Wildman–Crippen MR) is 97.8 cm³/mol. The Labute approximate surface area is 149 Å². The summed E-state index contributed by atoms with van der Waals surface area (Å²) >= 11 is 7.68. The first-order chi connectivity index (χ1) is 11.5. The van der Waals surface area contributed by atoms with Crippen LogP contribution in [0.2, 0.25) is 5.02 Å². The first-order valence-electron chi connectivity index (χ1n) is 7.44. The monoisotopic (exact) mass is 360 g/mol. The van der Waals surface area contributed by atoms with Gasteiger partial charge in [0.05, 0.1) is 23.7 Å². The van der Waals surface area contributed by atoms with E-state index in [-0.39, 0.29) is 12.3 Å². The largest absolute Gasteiger partial charge is 0.497 e. The van der Waals surface area contributed by atoms with E-state index >= 15 is 0 Å². The highest BCUT2D eigenvalue weighted by Crippen LogP contribution is 2.26. The van der Waals surface area contributed by atoms with E-state index in [1.165, 1.54) is 11.3 Å². The number of fused-ring (bicyclic) bond motifs is 1. The van der Waals surface area contributed by atoms with E-state index in [1.807, 2.05) is 54.9 Å². The van der Waals surface area contributed by atoms with Crippen LogP contribution < -0.4 is 9.54 Å². The van der Waals surface area contributed by atoms with E-state index < -0.39 is 0 Å². The summed E-state index contributed by atoms with van der Waals surface area (Å²) in [7, 11) is 3.52. The molecule has 6 heteroatoms. The number of benzene rings is 2. The number of methoxy groups -OCH3 is 1. The van der Waals surface area contributed by atoms with Crippen LogP contribution in [0.1, 0.15) is 11.1 Å². The number of hydrogen-bond donors (Lipinski definition) is 0. The molecule has 1 heterocycles. The molecular formula is C18H17ClN2O2S. The maximum Gasteiger partial charge on any atom is 0.252 e. The van der Waals surface area contributed by atoms with Gasteiger partial charge in [0.1, 0.15) is 5.75 Å². The molecule has 3 aromatic rings. The van der Waals surface area contributed by atoms with Gasteiger partial charge in [0.25, 0.3) is 5.91 Å². The number of hydrogen-bond acceptors (Lipinski definition) is 3. The minimum atomic E-state index is -0.175. The van der Waals surface area contributed by atoms with E-state index in [4.69, 9.17) is 16.3 Å². The Morgan fingerprint density at radius 3 is 2.62 bits per heavy atom. The maximum absolute atomic E-state index is 12.3. The molecule has 0 saturated heterocycles. The second kappa shape index (κ2) is 6.79. The fraction of sp³-hybridized carbons (Fsp3) is 0.222. The summed E-state index contributed by atoms with van der Waals surface area (Å²) < 4.78 is 8.11. The molecule has 2 aromatic carbocycles. The molecule has 24 heavy (non-hydrogen) atoms. The van der Waals surface area contributed by atoms with Crippen LogP contribution >= 0.6 is 22.9 Å². The summed E-state index contributed by atoms with van der Waals surface area (Å²) in [4.78, 5) is 17.2. The number of rotatable bonds is 3. The molecule has 0 radical (unpaired) electrons. The van der Waals surface area contributed by atoms with Crippen molar-refractivity contribution in [2.24, 2.45) is 12.0 Å². The lowest BCUT2D eigenvalue weighted by atomic mass is 10.1. The van der Waals surface area contributed by atoms with Gasteiger partial charge in [0, 0.05) is 12.1 Å². The van der Waals surface area contributed by atoms with Gasteiger partial charge in [-0.1, -0.05) is 35.1 Å². The third kappa shape index (κ3) is 3.23. The van der Waals surface area contributed by atoms with Gasteiger partial charge in [-0.15, -0.1) is 0 Å². The SMILES string of the molecule is COc1ccc(CC(=O)N=c2sc3ccc(Cl)c(C)c3n2C)cc1. The van der Waals surface area contributed by atoms with Gasteiger partial charge >= 0.3 is 0 Å². The van der Waals surface area contributed by atoms with Crippen molar-refractivity contribution < 1.29 is 9.53 Å². The zero-order valence-corrected chi connectivity index (χ0v) is 15.2. The number of carbonyl (C=O) groups excluding carboxylic acids is 1. The third-order valence-corrected chi connectivity index (χ3v) is 5.39. The molecule has 0 aliphatic carbocycles. The van der Waals surface area contributed by atoms with Gasteiger partial charge in [0.2, 0.25) is 0 Å². The highest BCUT2D eigenvalue weighted by atomic mass is 35.5. The van der Waals surface area contributed by atoms with Crippen molar-refractivity contribution in [3.63, 3.8) is 0 Å². The third-order valence-electron chi connectivity index (χ3n) is 3.89. The quantitative estimate of drug-likeness (QED) is 0.711. The average Bonchev–Trinajstić information content (AvgIpc) is 2.88. The van der Waals surface area contributed by atoms with Crippen molar-refractivity contribution in [2.75, 3.05) is 7.11 Å². The second-order valence-corrected chi connectivity index (χ2v) is 6.91. The minimum Gasteiger partial charge on any atom is -0.497 e. The Hall–Kier alpha value is -2.11. The van der Waals surface area contributed by atoms with Crippen LogP contribution in [-0.2, 0) is 18.3 Å². The van der Waals surface area contributed by atoms with E-state index in [2.05, 4.69) is 4.99 Å². The summed E-state index contributed by atoms with van der Waals surface area (Å²) in [5.74, 6) is 0.595. The van der Waals surface area contributed by atoms with Crippen LogP contribution in [-0.4, -0.2) is 17.6 Å². The average molecular weight is 361 g/mol.